The lowest BCUT2D eigenvalue weighted by atomic mass is 10.1. The number of hydrogen-bond acceptors (Lipinski definition) is 4. The van der Waals surface area contributed by atoms with Crippen LogP contribution in [0, 0.1) is 0 Å². The highest BCUT2D eigenvalue weighted by Crippen LogP contribution is 2.21. The van der Waals surface area contributed by atoms with E-state index in [1.54, 1.807) is 0 Å². The number of aliphatic hydroxyl groups is 1. The van der Waals surface area contributed by atoms with Crippen LogP contribution in [0.3, 0.4) is 0 Å². The summed E-state index contributed by atoms with van der Waals surface area (Å²) < 4.78 is 5.36. The molecule has 0 atom stereocenters. The van der Waals surface area contributed by atoms with Gasteiger partial charge >= 0.3 is 0 Å². The zero-order chi connectivity index (χ0) is 13.9. The molecule has 0 aliphatic carbocycles. The van der Waals surface area contributed by atoms with E-state index in [1.807, 2.05) is 57.3 Å². The van der Waals surface area contributed by atoms with Gasteiger partial charge in [-0.3, -0.25) is 4.90 Å². The van der Waals surface area contributed by atoms with E-state index >= 15 is 0 Å². The number of aromatic nitrogens is 1. The van der Waals surface area contributed by atoms with E-state index in [0.717, 1.165) is 17.0 Å². The molecule has 0 bridgehead atoms. The van der Waals surface area contributed by atoms with E-state index in [1.165, 1.54) is 0 Å². The Morgan fingerprint density at radius 2 is 1.95 bits per heavy atom. The fourth-order valence-corrected chi connectivity index (χ4v) is 1.70. The smallest absolute Gasteiger partial charge is 0.167 e. The Hall–Kier alpha value is -1.65. The van der Waals surface area contributed by atoms with Crippen LogP contribution in [0.2, 0.25) is 0 Å². The molecule has 2 aromatic rings. The molecule has 0 unspecified atom stereocenters. The first-order valence-corrected chi connectivity index (χ1v) is 6.36. The Balaban J connectivity index is 2.10. The number of rotatable bonds is 5. The number of hydrogen-bond donors (Lipinski definition) is 1. The van der Waals surface area contributed by atoms with Crippen molar-refractivity contribution in [2.75, 3.05) is 13.7 Å². The number of likely N-dealkylation sites (N-methyl/N-ethyl adjacent to an activating group) is 1. The van der Waals surface area contributed by atoms with Gasteiger partial charge in [0.05, 0.1) is 12.3 Å². The number of benzene rings is 1. The summed E-state index contributed by atoms with van der Waals surface area (Å²) in [5, 5.41) is 13.4. The van der Waals surface area contributed by atoms with Gasteiger partial charge in [0.15, 0.2) is 5.76 Å². The Labute approximate surface area is 113 Å². The minimum atomic E-state index is -0.272. The lowest BCUT2D eigenvalue weighted by Gasteiger charge is -2.33. The lowest BCUT2D eigenvalue weighted by molar-refractivity contribution is 0.0717. The van der Waals surface area contributed by atoms with Crippen LogP contribution in [-0.2, 0) is 6.54 Å². The highest BCUT2D eigenvalue weighted by atomic mass is 16.5. The topological polar surface area (TPSA) is 49.5 Å². The summed E-state index contributed by atoms with van der Waals surface area (Å²) in [6.07, 6.45) is 0. The zero-order valence-electron chi connectivity index (χ0n) is 11.6. The van der Waals surface area contributed by atoms with Gasteiger partial charge in [-0.1, -0.05) is 35.5 Å². The molecule has 19 heavy (non-hydrogen) atoms. The van der Waals surface area contributed by atoms with Crippen LogP contribution in [0.15, 0.2) is 40.9 Å². The molecule has 2 rings (SSSR count). The van der Waals surface area contributed by atoms with E-state index in [2.05, 4.69) is 10.1 Å². The first-order valence-electron chi connectivity index (χ1n) is 6.36. The maximum absolute atomic E-state index is 9.34. The normalized spacial score (nSPS) is 12.1. The number of nitrogens with zero attached hydrogens (tertiary/aromatic N) is 2. The summed E-state index contributed by atoms with van der Waals surface area (Å²) in [7, 11) is 1.97. The fraction of sp³-hybridized carbons (Fsp3) is 0.400. The van der Waals surface area contributed by atoms with Crippen LogP contribution < -0.4 is 0 Å². The largest absolute Gasteiger partial charge is 0.394 e. The summed E-state index contributed by atoms with van der Waals surface area (Å²) in [5.41, 5.74) is 1.61. The second-order valence-electron chi connectivity index (χ2n) is 5.38. The van der Waals surface area contributed by atoms with Gasteiger partial charge in [-0.15, -0.1) is 0 Å². The molecule has 0 aliphatic heterocycles. The fourth-order valence-electron chi connectivity index (χ4n) is 1.70. The average molecular weight is 260 g/mol. The van der Waals surface area contributed by atoms with Crippen LogP contribution in [0.1, 0.15) is 19.5 Å². The standard InChI is InChI=1S/C15H20N2O2/c1-15(2,11-18)17(3)10-13-9-14(19-16-13)12-7-5-4-6-8-12/h4-9,18H,10-11H2,1-3H3. The van der Waals surface area contributed by atoms with Crippen molar-refractivity contribution in [3.05, 3.63) is 42.1 Å². The van der Waals surface area contributed by atoms with Crippen molar-refractivity contribution in [1.82, 2.24) is 10.1 Å². The quantitative estimate of drug-likeness (QED) is 0.897. The molecule has 0 saturated carbocycles. The van der Waals surface area contributed by atoms with Crippen LogP contribution in [0.5, 0.6) is 0 Å². The summed E-state index contributed by atoms with van der Waals surface area (Å²) in [6.45, 7) is 4.73. The van der Waals surface area contributed by atoms with Crippen molar-refractivity contribution in [2.45, 2.75) is 25.9 Å². The SMILES string of the molecule is CN(Cc1cc(-c2ccccc2)on1)C(C)(C)CO. The van der Waals surface area contributed by atoms with Gasteiger partial charge in [0.1, 0.15) is 0 Å². The van der Waals surface area contributed by atoms with Crippen LogP contribution in [0.25, 0.3) is 11.3 Å². The molecule has 0 fully saturated rings. The summed E-state index contributed by atoms with van der Waals surface area (Å²) in [4.78, 5) is 2.06. The third-order valence-electron chi connectivity index (χ3n) is 3.44. The van der Waals surface area contributed by atoms with Crippen molar-refractivity contribution in [1.29, 1.82) is 0 Å². The Bertz CT molecular complexity index is 520. The highest BCUT2D eigenvalue weighted by molar-refractivity contribution is 5.56. The second-order valence-corrected chi connectivity index (χ2v) is 5.38. The van der Waals surface area contributed by atoms with E-state index in [0.29, 0.717) is 6.54 Å². The molecular formula is C15H20N2O2. The lowest BCUT2D eigenvalue weighted by Crippen LogP contribution is -2.43. The van der Waals surface area contributed by atoms with Crippen molar-refractivity contribution in [3.8, 4) is 11.3 Å². The Kier molecular flexibility index (Phi) is 4.02. The number of aliphatic hydroxyl groups excluding tert-OH is 1. The van der Waals surface area contributed by atoms with Gasteiger partial charge in [-0.05, 0) is 20.9 Å². The first-order chi connectivity index (χ1) is 9.03. The third-order valence-corrected chi connectivity index (χ3v) is 3.44. The Morgan fingerprint density at radius 1 is 1.26 bits per heavy atom. The molecule has 0 spiro atoms. The predicted octanol–water partition coefficient (Wildman–Crippen LogP) is 2.54. The van der Waals surface area contributed by atoms with E-state index in [-0.39, 0.29) is 12.1 Å². The summed E-state index contributed by atoms with van der Waals surface area (Å²) in [6, 6.07) is 11.8. The Morgan fingerprint density at radius 3 is 2.58 bits per heavy atom. The van der Waals surface area contributed by atoms with Gasteiger partial charge in [-0.25, -0.2) is 0 Å². The predicted molar refractivity (Wildman–Crippen MR) is 74.6 cm³/mol. The van der Waals surface area contributed by atoms with Crippen molar-refractivity contribution >= 4 is 0 Å². The van der Waals surface area contributed by atoms with Crippen molar-refractivity contribution in [3.63, 3.8) is 0 Å². The molecule has 0 aliphatic rings. The van der Waals surface area contributed by atoms with E-state index < -0.39 is 0 Å². The molecule has 1 heterocycles. The highest BCUT2D eigenvalue weighted by Gasteiger charge is 2.23. The van der Waals surface area contributed by atoms with Crippen LogP contribution in [-0.4, -0.2) is 34.4 Å². The van der Waals surface area contributed by atoms with Gasteiger partial charge in [0.2, 0.25) is 0 Å². The average Bonchev–Trinajstić information content (AvgIpc) is 2.88. The molecule has 102 valence electrons. The van der Waals surface area contributed by atoms with Gasteiger partial charge in [0, 0.05) is 23.7 Å². The summed E-state index contributed by atoms with van der Waals surface area (Å²) >= 11 is 0. The maximum Gasteiger partial charge on any atom is 0.167 e. The monoisotopic (exact) mass is 260 g/mol. The summed E-state index contributed by atoms with van der Waals surface area (Å²) in [5.74, 6) is 0.769. The van der Waals surface area contributed by atoms with Gasteiger partial charge in [0.25, 0.3) is 0 Å². The van der Waals surface area contributed by atoms with Crippen LogP contribution in [0.4, 0.5) is 0 Å². The zero-order valence-corrected chi connectivity index (χ0v) is 11.6. The molecule has 4 nitrogen and oxygen atoms in total. The van der Waals surface area contributed by atoms with Crippen molar-refractivity contribution in [2.24, 2.45) is 0 Å². The first kappa shape index (κ1) is 13.8. The van der Waals surface area contributed by atoms with Gasteiger partial charge < -0.3 is 9.63 Å². The molecule has 4 heteroatoms. The van der Waals surface area contributed by atoms with E-state index in [9.17, 15) is 5.11 Å². The molecular weight excluding hydrogens is 240 g/mol. The van der Waals surface area contributed by atoms with E-state index in [4.69, 9.17) is 4.52 Å². The molecule has 0 saturated heterocycles. The molecule has 1 N–H and O–H groups in total. The molecule has 0 amide bonds. The minimum Gasteiger partial charge on any atom is -0.394 e. The molecule has 1 aromatic carbocycles. The maximum atomic E-state index is 9.34. The third kappa shape index (κ3) is 3.22. The molecule has 1 aromatic heterocycles. The second kappa shape index (κ2) is 5.55. The minimum absolute atomic E-state index is 0.104. The van der Waals surface area contributed by atoms with Crippen molar-refractivity contribution < 1.29 is 9.63 Å². The molecule has 0 radical (unpaired) electrons. The van der Waals surface area contributed by atoms with Gasteiger partial charge in [-0.2, -0.15) is 0 Å². The van der Waals surface area contributed by atoms with Crippen LogP contribution >= 0.6 is 0 Å².